The van der Waals surface area contributed by atoms with Crippen LogP contribution in [-0.4, -0.2) is 142 Å². The normalized spacial score (nSPS) is 25.7. The van der Waals surface area contributed by atoms with Crippen LogP contribution in [0.15, 0.2) is 36.5 Å². The van der Waals surface area contributed by atoms with E-state index in [0.717, 1.165) is 57.8 Å². The van der Waals surface area contributed by atoms with E-state index >= 15 is 0 Å². The molecule has 0 spiro atoms. The Morgan fingerprint density at radius 1 is 0.471 bits per heavy atom. The average molecular weight is 999 g/mol. The van der Waals surface area contributed by atoms with Crippen molar-refractivity contribution in [2.75, 3.05) is 33.0 Å². The third kappa shape index (κ3) is 30.4. The van der Waals surface area contributed by atoms with Gasteiger partial charge in [-0.15, -0.1) is 0 Å². The van der Waals surface area contributed by atoms with Crippen molar-refractivity contribution in [3.63, 3.8) is 0 Å². The fourth-order valence-electron chi connectivity index (χ4n) is 8.78. The first kappa shape index (κ1) is 64.3. The molecule has 2 aliphatic heterocycles. The van der Waals surface area contributed by atoms with Crippen LogP contribution in [0.2, 0.25) is 0 Å². The van der Waals surface area contributed by atoms with Crippen molar-refractivity contribution in [1.29, 1.82) is 0 Å². The average Bonchev–Trinajstić information content (AvgIpc) is 3.36. The van der Waals surface area contributed by atoms with E-state index in [1.165, 1.54) is 128 Å². The Kier molecular flexibility index (Phi) is 40.1. The van der Waals surface area contributed by atoms with Crippen molar-refractivity contribution >= 4 is 5.97 Å². The smallest absolute Gasteiger partial charge is 0.306 e. The first-order valence-electron chi connectivity index (χ1n) is 28.1. The number of esters is 1. The first-order valence-corrected chi connectivity index (χ1v) is 28.1. The third-order valence-electron chi connectivity index (χ3n) is 13.4. The molecule has 11 unspecified atom stereocenters. The van der Waals surface area contributed by atoms with Crippen molar-refractivity contribution in [1.82, 2.24) is 0 Å². The molecule has 410 valence electrons. The van der Waals surface area contributed by atoms with Crippen LogP contribution in [0.4, 0.5) is 0 Å². The number of unbranched alkanes of at least 4 members (excludes halogenated alkanes) is 25. The fraction of sp³-hybridized carbons (Fsp3) is 0.875. The number of aliphatic hydroxyl groups is 7. The highest BCUT2D eigenvalue weighted by Crippen LogP contribution is 2.26. The van der Waals surface area contributed by atoms with Crippen molar-refractivity contribution in [2.45, 2.75) is 280 Å². The SMILES string of the molecule is CCCCC/C=C\C/C=C\CCCCCCCCCCOCC(COC1OC(COC2OC(CO)C(O)C(O)C2O)C(O)C(O)C1O)OC(=O)CCCCCCCCC/C=C\CCCCCCCCC. The zero-order valence-corrected chi connectivity index (χ0v) is 43.8. The molecule has 7 N–H and O–H groups in total. The predicted octanol–water partition coefficient (Wildman–Crippen LogP) is 9.36. The van der Waals surface area contributed by atoms with Gasteiger partial charge in [-0.1, -0.05) is 172 Å². The zero-order chi connectivity index (χ0) is 50.9. The van der Waals surface area contributed by atoms with Crippen LogP contribution in [0.25, 0.3) is 0 Å². The van der Waals surface area contributed by atoms with E-state index in [-0.39, 0.29) is 25.6 Å². The van der Waals surface area contributed by atoms with Crippen LogP contribution in [0, 0.1) is 0 Å². The largest absolute Gasteiger partial charge is 0.457 e. The second-order valence-corrected chi connectivity index (χ2v) is 19.8. The van der Waals surface area contributed by atoms with E-state index in [9.17, 15) is 40.5 Å². The molecule has 70 heavy (non-hydrogen) atoms. The quantitative estimate of drug-likeness (QED) is 0.0172. The van der Waals surface area contributed by atoms with Gasteiger partial charge in [-0.05, 0) is 70.6 Å². The van der Waals surface area contributed by atoms with Crippen molar-refractivity contribution < 1.29 is 69.0 Å². The molecule has 0 amide bonds. The molecule has 14 nitrogen and oxygen atoms in total. The molecule has 0 aromatic carbocycles. The van der Waals surface area contributed by atoms with Gasteiger partial charge in [-0.3, -0.25) is 4.79 Å². The lowest BCUT2D eigenvalue weighted by atomic mass is 9.98. The fourth-order valence-corrected chi connectivity index (χ4v) is 8.78. The summed E-state index contributed by atoms with van der Waals surface area (Å²) in [6, 6.07) is 0. The highest BCUT2D eigenvalue weighted by atomic mass is 16.7. The number of hydrogen-bond donors (Lipinski definition) is 7. The Bertz CT molecular complexity index is 1300. The summed E-state index contributed by atoms with van der Waals surface area (Å²) in [4.78, 5) is 13.1. The lowest BCUT2D eigenvalue weighted by molar-refractivity contribution is -0.332. The molecule has 0 saturated carbocycles. The minimum atomic E-state index is -1.71. The Morgan fingerprint density at radius 2 is 0.886 bits per heavy atom. The van der Waals surface area contributed by atoms with E-state index in [1.807, 2.05) is 0 Å². The number of allylic oxidation sites excluding steroid dienone is 6. The van der Waals surface area contributed by atoms with E-state index in [0.29, 0.717) is 13.0 Å². The summed E-state index contributed by atoms with van der Waals surface area (Å²) in [6.07, 6.45) is 33.4. The van der Waals surface area contributed by atoms with Crippen LogP contribution < -0.4 is 0 Å². The molecule has 2 aliphatic rings. The minimum Gasteiger partial charge on any atom is -0.457 e. The summed E-state index contributed by atoms with van der Waals surface area (Å²) in [5, 5.41) is 72.3. The molecule has 0 bridgehead atoms. The minimum absolute atomic E-state index is 0.0569. The van der Waals surface area contributed by atoms with Gasteiger partial charge in [0.25, 0.3) is 0 Å². The Hall–Kier alpha value is -1.79. The van der Waals surface area contributed by atoms with Crippen LogP contribution in [-0.2, 0) is 33.2 Å². The lowest BCUT2D eigenvalue weighted by Crippen LogP contribution is -2.61. The maximum atomic E-state index is 13.1. The summed E-state index contributed by atoms with van der Waals surface area (Å²) < 4.78 is 34.4. The molecule has 0 aromatic rings. The number of aliphatic hydroxyl groups excluding tert-OH is 7. The molecule has 2 heterocycles. The molecule has 0 aliphatic carbocycles. The summed E-state index contributed by atoms with van der Waals surface area (Å²) >= 11 is 0. The molecule has 0 aromatic heterocycles. The maximum absolute atomic E-state index is 13.1. The van der Waals surface area contributed by atoms with Crippen LogP contribution >= 0.6 is 0 Å². The zero-order valence-electron chi connectivity index (χ0n) is 43.8. The second kappa shape index (κ2) is 43.6. The maximum Gasteiger partial charge on any atom is 0.306 e. The van der Waals surface area contributed by atoms with E-state index in [2.05, 4.69) is 50.3 Å². The van der Waals surface area contributed by atoms with Gasteiger partial charge in [0.15, 0.2) is 12.6 Å². The monoisotopic (exact) mass is 999 g/mol. The van der Waals surface area contributed by atoms with Gasteiger partial charge in [-0.2, -0.15) is 0 Å². The van der Waals surface area contributed by atoms with E-state index < -0.39 is 80.7 Å². The van der Waals surface area contributed by atoms with Crippen molar-refractivity contribution in [3.05, 3.63) is 36.5 Å². The summed E-state index contributed by atoms with van der Waals surface area (Å²) in [6.45, 7) is 3.66. The van der Waals surface area contributed by atoms with Gasteiger partial charge in [0.2, 0.25) is 0 Å². The van der Waals surface area contributed by atoms with Crippen molar-refractivity contribution in [3.8, 4) is 0 Å². The molecule has 2 saturated heterocycles. The first-order chi connectivity index (χ1) is 34.1. The number of carbonyl (C=O) groups is 1. The van der Waals surface area contributed by atoms with Gasteiger partial charge < -0.3 is 64.2 Å². The third-order valence-corrected chi connectivity index (χ3v) is 13.4. The summed E-state index contributed by atoms with van der Waals surface area (Å²) in [5.74, 6) is -0.381. The van der Waals surface area contributed by atoms with Crippen LogP contribution in [0.3, 0.4) is 0 Å². The van der Waals surface area contributed by atoms with Crippen molar-refractivity contribution in [2.24, 2.45) is 0 Å². The Balaban J connectivity index is 1.74. The number of rotatable bonds is 45. The Morgan fingerprint density at radius 3 is 1.41 bits per heavy atom. The molecular weight excluding hydrogens is 897 g/mol. The van der Waals surface area contributed by atoms with E-state index in [1.54, 1.807) is 0 Å². The van der Waals surface area contributed by atoms with E-state index in [4.69, 9.17) is 28.4 Å². The van der Waals surface area contributed by atoms with Gasteiger partial charge in [0.1, 0.15) is 54.9 Å². The molecular formula is C56H102O14. The second-order valence-electron chi connectivity index (χ2n) is 19.8. The molecule has 2 rings (SSSR count). The molecule has 0 radical (unpaired) electrons. The molecule has 11 atom stereocenters. The standard InChI is InChI=1S/C56H102O14/c1-3-5-7-9-11-13-15-17-19-21-23-25-27-29-31-33-35-37-39-48(58)68-45(42-65-40-38-36-34-32-30-28-26-24-22-20-18-16-14-12-10-8-6-4-2)43-66-55-54(64)52(62)50(60)47(70-55)44-67-56-53(63)51(61)49(59)46(41-57)69-56/h12,14,18-21,45-47,49-57,59-64H,3-11,13,15-17,22-44H2,1-2H3/b14-12-,20-18-,21-19-. The highest BCUT2D eigenvalue weighted by Gasteiger charge is 2.47. The summed E-state index contributed by atoms with van der Waals surface area (Å²) in [5.41, 5.74) is 0. The summed E-state index contributed by atoms with van der Waals surface area (Å²) in [7, 11) is 0. The van der Waals surface area contributed by atoms with Gasteiger partial charge in [0, 0.05) is 13.0 Å². The molecule has 2 fully saturated rings. The molecule has 14 heteroatoms. The van der Waals surface area contributed by atoms with Gasteiger partial charge in [0.05, 0.1) is 26.4 Å². The number of hydrogen-bond acceptors (Lipinski definition) is 14. The number of carbonyl (C=O) groups excluding carboxylic acids is 1. The number of ether oxygens (including phenoxy) is 6. The Labute approximate surface area is 423 Å². The van der Waals surface area contributed by atoms with Crippen LogP contribution in [0.5, 0.6) is 0 Å². The van der Waals surface area contributed by atoms with Gasteiger partial charge in [-0.25, -0.2) is 0 Å². The highest BCUT2D eigenvalue weighted by molar-refractivity contribution is 5.69. The predicted molar refractivity (Wildman–Crippen MR) is 275 cm³/mol. The van der Waals surface area contributed by atoms with Gasteiger partial charge >= 0.3 is 5.97 Å². The van der Waals surface area contributed by atoms with Crippen LogP contribution in [0.1, 0.15) is 213 Å². The topological polar surface area (TPSA) is 214 Å². The lowest BCUT2D eigenvalue weighted by Gasteiger charge is -2.42.